The molecule has 292 valence electrons. The molecule has 13 heteroatoms. The number of carbonyl (C=O) groups is 2. The Morgan fingerprint density at radius 1 is 0.642 bits per heavy atom. The minimum atomic E-state index is -0.890. The molecule has 0 spiro atoms. The van der Waals surface area contributed by atoms with Gasteiger partial charge in [-0.1, -0.05) is 36.4 Å². The molecule has 4 aliphatic heterocycles. The SMILES string of the molecule is CO[C@H](O[C@@H](OC)c1cccc([C@H](O)[C@@H]2C3CC[C@@H](O3)[C@@H]2COC(=O)OC(C)C)c1)c1cccc([C@@H](O)[C@@H]2C3CC[C@@H](O3)[C@@H]2COC(=O)OC(C)C)c1. The molecule has 0 radical (unpaired) electrons. The summed E-state index contributed by atoms with van der Waals surface area (Å²) in [4.78, 5) is 24.3. The van der Waals surface area contributed by atoms with Crippen molar-refractivity contribution in [2.45, 2.75) is 115 Å². The van der Waals surface area contributed by atoms with Crippen LogP contribution in [0.1, 0.15) is 100 Å². The summed E-state index contributed by atoms with van der Waals surface area (Å²) < 4.78 is 51.5. The molecule has 13 nitrogen and oxygen atoms in total. The van der Waals surface area contributed by atoms with Crippen LogP contribution in [-0.2, 0) is 42.6 Å². The molecule has 2 unspecified atom stereocenters. The maximum absolute atomic E-state index is 12.1. The van der Waals surface area contributed by atoms with Crippen LogP contribution >= 0.6 is 0 Å². The second-order valence-electron chi connectivity index (χ2n) is 15.0. The fourth-order valence-corrected chi connectivity index (χ4v) is 8.59. The lowest BCUT2D eigenvalue weighted by Gasteiger charge is -2.32. The molecule has 0 amide bonds. The number of carbonyl (C=O) groups excluding carboxylic acids is 2. The number of hydrogen-bond acceptors (Lipinski definition) is 13. The summed E-state index contributed by atoms with van der Waals surface area (Å²) in [5.74, 6) is -0.923. The third-order valence-corrected chi connectivity index (χ3v) is 10.9. The van der Waals surface area contributed by atoms with Crippen LogP contribution in [0.5, 0.6) is 0 Å². The van der Waals surface area contributed by atoms with Gasteiger partial charge in [-0.3, -0.25) is 0 Å². The van der Waals surface area contributed by atoms with E-state index in [0.717, 1.165) is 25.7 Å². The van der Waals surface area contributed by atoms with Crippen LogP contribution in [0.25, 0.3) is 0 Å². The van der Waals surface area contributed by atoms with E-state index in [4.69, 9.17) is 42.6 Å². The van der Waals surface area contributed by atoms with Gasteiger partial charge in [0, 0.05) is 49.0 Å². The Balaban J connectivity index is 1.13. The molecule has 4 saturated heterocycles. The van der Waals surface area contributed by atoms with Gasteiger partial charge >= 0.3 is 12.3 Å². The summed E-state index contributed by atoms with van der Waals surface area (Å²) in [6.07, 6.45) is -2.76. The number of methoxy groups -OCH3 is 2. The topological polar surface area (TPSA) is 158 Å². The Morgan fingerprint density at radius 3 is 1.40 bits per heavy atom. The third kappa shape index (κ3) is 8.99. The zero-order valence-electron chi connectivity index (χ0n) is 31.3. The summed E-state index contributed by atoms with van der Waals surface area (Å²) in [6, 6.07) is 14.8. The first kappa shape index (κ1) is 39.4. The monoisotopic (exact) mass is 742 g/mol. The Bertz CT molecular complexity index is 1420. The van der Waals surface area contributed by atoms with E-state index >= 15 is 0 Å². The highest BCUT2D eigenvalue weighted by Crippen LogP contribution is 2.50. The summed E-state index contributed by atoms with van der Waals surface area (Å²) in [6.45, 7) is 7.22. The van der Waals surface area contributed by atoms with Crippen LogP contribution in [0.15, 0.2) is 48.5 Å². The molecule has 2 aromatic carbocycles. The Labute approximate surface area is 311 Å². The second-order valence-corrected chi connectivity index (χ2v) is 15.0. The van der Waals surface area contributed by atoms with E-state index in [1.54, 1.807) is 27.7 Å². The van der Waals surface area contributed by atoms with Gasteiger partial charge in [-0.15, -0.1) is 0 Å². The van der Waals surface area contributed by atoms with Crippen molar-refractivity contribution in [1.29, 1.82) is 0 Å². The molecular formula is C40H54O13. The summed E-state index contributed by atoms with van der Waals surface area (Å²) in [5.41, 5.74) is 2.65. The predicted molar refractivity (Wildman–Crippen MR) is 188 cm³/mol. The number of fused-ring (bicyclic) bond motifs is 4. The van der Waals surface area contributed by atoms with E-state index < -0.39 is 37.1 Å². The summed E-state index contributed by atoms with van der Waals surface area (Å²) in [5, 5.41) is 23.4. The van der Waals surface area contributed by atoms with Crippen LogP contribution < -0.4 is 0 Å². The number of benzene rings is 2. The molecule has 4 fully saturated rings. The van der Waals surface area contributed by atoms with Gasteiger partial charge in [0.05, 0.1) is 48.8 Å². The van der Waals surface area contributed by atoms with E-state index in [1.165, 1.54) is 14.2 Å². The van der Waals surface area contributed by atoms with Gasteiger partial charge in [0.2, 0.25) is 0 Å². The first-order valence-corrected chi connectivity index (χ1v) is 18.7. The highest BCUT2D eigenvalue weighted by atomic mass is 16.8. The maximum atomic E-state index is 12.1. The zero-order chi connectivity index (χ0) is 37.8. The van der Waals surface area contributed by atoms with E-state index in [-0.39, 0.29) is 73.5 Å². The number of aliphatic hydroxyl groups excluding tert-OH is 2. The molecule has 0 saturated carbocycles. The molecular weight excluding hydrogens is 688 g/mol. The molecule has 4 heterocycles. The first-order chi connectivity index (χ1) is 25.5. The average molecular weight is 743 g/mol. The van der Waals surface area contributed by atoms with Crippen molar-refractivity contribution >= 4 is 12.3 Å². The lowest BCUT2D eigenvalue weighted by atomic mass is 9.75. The van der Waals surface area contributed by atoms with Crippen molar-refractivity contribution in [2.75, 3.05) is 27.4 Å². The van der Waals surface area contributed by atoms with Crippen LogP contribution in [0, 0.1) is 23.7 Å². The van der Waals surface area contributed by atoms with Gasteiger partial charge in [-0.2, -0.15) is 0 Å². The van der Waals surface area contributed by atoms with Gasteiger partial charge < -0.3 is 52.8 Å². The standard InChI is InChI=1S/C40H54O13/c1-21(2)49-39(43)47-19-27-29-13-15-31(51-29)33(27)35(41)23-9-7-11-25(17-23)37(45-5)53-38(46-6)26-12-8-10-24(18-26)36(42)34-28(30-14-16-32(34)52-30)20-48-40(44)50-22(3)4/h7-12,17-18,21-22,27-38,41-42H,13-16,19-20H2,1-6H3/t27-,28-,29+,30+,31?,32?,33-,34-,35-,36+,37+,38+/m0/s1. The minimum Gasteiger partial charge on any atom is -0.434 e. The largest absolute Gasteiger partial charge is 0.508 e. The Morgan fingerprint density at radius 2 is 1.02 bits per heavy atom. The van der Waals surface area contributed by atoms with Gasteiger partial charge in [-0.05, 0) is 76.6 Å². The molecule has 2 aromatic rings. The maximum Gasteiger partial charge on any atom is 0.508 e. The van der Waals surface area contributed by atoms with E-state index in [1.807, 2.05) is 48.5 Å². The fourth-order valence-electron chi connectivity index (χ4n) is 8.59. The quantitative estimate of drug-likeness (QED) is 0.143. The lowest BCUT2D eigenvalue weighted by Crippen LogP contribution is -2.36. The molecule has 2 N–H and O–H groups in total. The summed E-state index contributed by atoms with van der Waals surface area (Å²) in [7, 11) is 3.06. The molecule has 12 atom stereocenters. The number of ether oxygens (including phenoxy) is 9. The van der Waals surface area contributed by atoms with Crippen LogP contribution in [0.3, 0.4) is 0 Å². The Hall–Kier alpha value is -3.30. The summed E-state index contributed by atoms with van der Waals surface area (Å²) >= 11 is 0. The van der Waals surface area contributed by atoms with Crippen LogP contribution in [0.4, 0.5) is 9.59 Å². The molecule has 4 bridgehead atoms. The predicted octanol–water partition coefficient (Wildman–Crippen LogP) is 6.47. The molecule has 0 aromatic heterocycles. The Kier molecular flexibility index (Phi) is 13.0. The highest BCUT2D eigenvalue weighted by molar-refractivity contribution is 5.60. The number of rotatable bonds is 16. The van der Waals surface area contributed by atoms with Gasteiger partial charge in [0.15, 0.2) is 12.6 Å². The molecule has 4 aliphatic rings. The fraction of sp³-hybridized carbons (Fsp3) is 0.650. The van der Waals surface area contributed by atoms with Crippen molar-refractivity contribution in [3.05, 3.63) is 70.8 Å². The van der Waals surface area contributed by atoms with Crippen LogP contribution in [0.2, 0.25) is 0 Å². The first-order valence-electron chi connectivity index (χ1n) is 18.7. The van der Waals surface area contributed by atoms with E-state index in [0.29, 0.717) is 22.3 Å². The van der Waals surface area contributed by atoms with E-state index in [2.05, 4.69) is 0 Å². The molecule has 53 heavy (non-hydrogen) atoms. The molecule has 0 aliphatic carbocycles. The number of hydrogen-bond donors (Lipinski definition) is 2. The van der Waals surface area contributed by atoms with Crippen LogP contribution in [-0.4, -0.2) is 86.6 Å². The van der Waals surface area contributed by atoms with Crippen molar-refractivity contribution in [3.8, 4) is 0 Å². The minimum absolute atomic E-state index is 0.0948. The van der Waals surface area contributed by atoms with Gasteiger partial charge in [0.1, 0.15) is 13.2 Å². The smallest absolute Gasteiger partial charge is 0.434 e. The highest BCUT2D eigenvalue weighted by Gasteiger charge is 2.53. The van der Waals surface area contributed by atoms with Gasteiger partial charge in [-0.25, -0.2) is 9.59 Å². The van der Waals surface area contributed by atoms with Crippen molar-refractivity contribution < 1.29 is 62.4 Å². The second kappa shape index (κ2) is 17.4. The number of aliphatic hydroxyl groups is 2. The lowest BCUT2D eigenvalue weighted by molar-refractivity contribution is -0.237. The zero-order valence-corrected chi connectivity index (χ0v) is 31.3. The van der Waals surface area contributed by atoms with E-state index in [9.17, 15) is 19.8 Å². The van der Waals surface area contributed by atoms with Gasteiger partial charge in [0.25, 0.3) is 0 Å². The molecule has 6 rings (SSSR count). The van der Waals surface area contributed by atoms with Crippen molar-refractivity contribution in [2.24, 2.45) is 23.7 Å². The normalized spacial score (nSPS) is 29.6. The van der Waals surface area contributed by atoms with Crippen molar-refractivity contribution in [1.82, 2.24) is 0 Å². The van der Waals surface area contributed by atoms with Crippen molar-refractivity contribution in [3.63, 3.8) is 0 Å². The third-order valence-electron chi connectivity index (χ3n) is 10.9. The average Bonchev–Trinajstić information content (AvgIpc) is 3.95.